The van der Waals surface area contributed by atoms with Crippen molar-refractivity contribution in [1.82, 2.24) is 0 Å². The number of rotatable bonds is 5. The second kappa shape index (κ2) is 5.32. The number of hydrogen-bond donors (Lipinski definition) is 1. The summed E-state index contributed by atoms with van der Waals surface area (Å²) in [6, 6.07) is 1.64. The zero-order valence-corrected chi connectivity index (χ0v) is 9.71. The lowest BCUT2D eigenvalue weighted by Gasteiger charge is -2.07. The summed E-state index contributed by atoms with van der Waals surface area (Å²) < 4.78 is 5.75. The fourth-order valence-corrected chi connectivity index (χ4v) is 1.72. The summed E-state index contributed by atoms with van der Waals surface area (Å²) >= 11 is 3.24. The molecule has 2 N–H and O–H groups in total. The monoisotopic (exact) mass is 259 g/mol. The number of furan rings is 1. The number of nitrogens with two attached hydrogens (primary N) is 1. The first-order chi connectivity index (χ1) is 6.65. The third-order valence-corrected chi connectivity index (χ3v) is 2.60. The van der Waals surface area contributed by atoms with Gasteiger partial charge in [-0.3, -0.25) is 4.79 Å². The van der Waals surface area contributed by atoms with Crippen molar-refractivity contribution in [3.63, 3.8) is 0 Å². The Morgan fingerprint density at radius 1 is 1.71 bits per heavy atom. The van der Waals surface area contributed by atoms with E-state index in [0.29, 0.717) is 16.7 Å². The first-order valence-electron chi connectivity index (χ1n) is 4.67. The first-order valence-corrected chi connectivity index (χ1v) is 5.46. The highest BCUT2D eigenvalue weighted by molar-refractivity contribution is 9.10. The summed E-state index contributed by atoms with van der Waals surface area (Å²) in [5, 5.41) is 0. The van der Waals surface area contributed by atoms with Gasteiger partial charge in [0.05, 0.1) is 10.7 Å². The Hall–Kier alpha value is -0.610. The van der Waals surface area contributed by atoms with Gasteiger partial charge in [-0.15, -0.1) is 0 Å². The molecular formula is C10H14BrNO2. The molecule has 0 spiro atoms. The molecule has 0 fully saturated rings. The van der Waals surface area contributed by atoms with Gasteiger partial charge in [0.15, 0.2) is 5.76 Å². The van der Waals surface area contributed by atoms with Crippen LogP contribution < -0.4 is 5.73 Å². The van der Waals surface area contributed by atoms with E-state index in [1.807, 2.05) is 6.92 Å². The molecule has 0 aromatic carbocycles. The minimum Gasteiger partial charge on any atom is -0.460 e. The van der Waals surface area contributed by atoms with Gasteiger partial charge < -0.3 is 10.2 Å². The summed E-state index contributed by atoms with van der Waals surface area (Å²) in [7, 11) is 0. The van der Waals surface area contributed by atoms with E-state index in [1.54, 1.807) is 6.07 Å². The van der Waals surface area contributed by atoms with Gasteiger partial charge in [-0.1, -0.05) is 13.3 Å². The fourth-order valence-electron chi connectivity index (χ4n) is 1.30. The standard InChI is InChI=1S/C10H14BrNO2/c1-2-3-7(12)6-9(13)10-8(11)4-5-14-10/h4-5,7H,2-3,6,12H2,1H3. The molecule has 1 unspecified atom stereocenters. The van der Waals surface area contributed by atoms with E-state index in [4.69, 9.17) is 10.2 Å². The summed E-state index contributed by atoms with van der Waals surface area (Å²) in [5.41, 5.74) is 5.76. The predicted molar refractivity (Wildman–Crippen MR) is 58.2 cm³/mol. The molecule has 1 heterocycles. The van der Waals surface area contributed by atoms with Crippen LogP contribution in [0.2, 0.25) is 0 Å². The summed E-state index contributed by atoms with van der Waals surface area (Å²) in [5.74, 6) is 0.333. The molecule has 3 nitrogen and oxygen atoms in total. The second-order valence-electron chi connectivity index (χ2n) is 3.27. The van der Waals surface area contributed by atoms with Gasteiger partial charge in [-0.05, 0) is 28.4 Å². The molecule has 1 rings (SSSR count). The van der Waals surface area contributed by atoms with Gasteiger partial charge in [0, 0.05) is 12.5 Å². The summed E-state index contributed by atoms with van der Waals surface area (Å²) in [6.07, 6.45) is 3.69. The molecule has 78 valence electrons. The normalized spacial score (nSPS) is 12.8. The summed E-state index contributed by atoms with van der Waals surface area (Å²) in [4.78, 5) is 11.6. The number of Topliss-reactive ketones (excluding diaryl/α,β-unsaturated/α-hetero) is 1. The quantitative estimate of drug-likeness (QED) is 0.828. The van der Waals surface area contributed by atoms with Crippen molar-refractivity contribution >= 4 is 21.7 Å². The van der Waals surface area contributed by atoms with Crippen molar-refractivity contribution in [2.75, 3.05) is 0 Å². The van der Waals surface area contributed by atoms with E-state index < -0.39 is 0 Å². The Morgan fingerprint density at radius 3 is 2.93 bits per heavy atom. The molecule has 0 aliphatic rings. The van der Waals surface area contributed by atoms with Crippen molar-refractivity contribution in [3.8, 4) is 0 Å². The number of halogens is 1. The SMILES string of the molecule is CCCC(N)CC(=O)c1occc1Br. The average Bonchev–Trinajstić information content (AvgIpc) is 2.51. The van der Waals surface area contributed by atoms with Crippen molar-refractivity contribution in [1.29, 1.82) is 0 Å². The van der Waals surface area contributed by atoms with Crippen molar-refractivity contribution < 1.29 is 9.21 Å². The van der Waals surface area contributed by atoms with Crippen molar-refractivity contribution in [2.45, 2.75) is 32.2 Å². The largest absolute Gasteiger partial charge is 0.460 e. The number of carbonyl (C=O) groups is 1. The molecule has 0 aliphatic carbocycles. The maximum atomic E-state index is 11.6. The Kier molecular flexibility index (Phi) is 4.35. The van der Waals surface area contributed by atoms with Crippen LogP contribution in [0.1, 0.15) is 36.7 Å². The van der Waals surface area contributed by atoms with Crippen LogP contribution >= 0.6 is 15.9 Å². The van der Waals surface area contributed by atoms with Crippen LogP contribution in [0.3, 0.4) is 0 Å². The average molecular weight is 260 g/mol. The predicted octanol–water partition coefficient (Wildman–Crippen LogP) is 2.74. The minimum atomic E-state index is -0.0653. The molecule has 1 aromatic rings. The third kappa shape index (κ3) is 2.96. The third-order valence-electron chi connectivity index (χ3n) is 1.98. The molecule has 0 saturated heterocycles. The Morgan fingerprint density at radius 2 is 2.43 bits per heavy atom. The Labute approximate surface area is 91.8 Å². The first kappa shape index (κ1) is 11.5. The molecule has 4 heteroatoms. The van der Waals surface area contributed by atoms with Crippen LogP contribution in [0.15, 0.2) is 21.2 Å². The van der Waals surface area contributed by atoms with Gasteiger partial charge in [0.2, 0.25) is 5.78 Å². The highest BCUT2D eigenvalue weighted by Crippen LogP contribution is 2.19. The van der Waals surface area contributed by atoms with Gasteiger partial charge in [0.1, 0.15) is 0 Å². The van der Waals surface area contributed by atoms with Gasteiger partial charge >= 0.3 is 0 Å². The van der Waals surface area contributed by atoms with Crippen LogP contribution in [0.4, 0.5) is 0 Å². The number of hydrogen-bond acceptors (Lipinski definition) is 3. The highest BCUT2D eigenvalue weighted by atomic mass is 79.9. The molecule has 1 atom stereocenters. The van der Waals surface area contributed by atoms with Gasteiger partial charge in [-0.2, -0.15) is 0 Å². The maximum absolute atomic E-state index is 11.6. The van der Waals surface area contributed by atoms with Crippen LogP contribution in [0.5, 0.6) is 0 Å². The topological polar surface area (TPSA) is 56.2 Å². The Balaban J connectivity index is 2.55. The van der Waals surface area contributed by atoms with E-state index in [2.05, 4.69) is 15.9 Å². The van der Waals surface area contributed by atoms with Gasteiger partial charge in [0.25, 0.3) is 0 Å². The van der Waals surface area contributed by atoms with Crippen LogP contribution in [0.25, 0.3) is 0 Å². The molecular weight excluding hydrogens is 246 g/mol. The molecule has 0 bridgehead atoms. The van der Waals surface area contributed by atoms with Crippen LogP contribution in [-0.2, 0) is 0 Å². The fraction of sp³-hybridized carbons (Fsp3) is 0.500. The lowest BCUT2D eigenvalue weighted by Crippen LogP contribution is -2.23. The maximum Gasteiger partial charge on any atom is 0.200 e. The number of carbonyl (C=O) groups excluding carboxylic acids is 1. The van der Waals surface area contributed by atoms with E-state index in [-0.39, 0.29) is 11.8 Å². The Bertz CT molecular complexity index is 309. The molecule has 0 radical (unpaired) electrons. The highest BCUT2D eigenvalue weighted by Gasteiger charge is 2.16. The molecule has 14 heavy (non-hydrogen) atoms. The smallest absolute Gasteiger partial charge is 0.200 e. The van der Waals surface area contributed by atoms with Gasteiger partial charge in [-0.25, -0.2) is 0 Å². The zero-order valence-electron chi connectivity index (χ0n) is 8.13. The van der Waals surface area contributed by atoms with Crippen molar-refractivity contribution in [3.05, 3.63) is 22.6 Å². The lowest BCUT2D eigenvalue weighted by atomic mass is 10.1. The van der Waals surface area contributed by atoms with E-state index in [9.17, 15) is 4.79 Å². The van der Waals surface area contributed by atoms with Crippen LogP contribution in [0, 0.1) is 0 Å². The molecule has 1 aromatic heterocycles. The minimum absolute atomic E-state index is 0.0391. The summed E-state index contributed by atoms with van der Waals surface area (Å²) in [6.45, 7) is 2.05. The molecule has 0 saturated carbocycles. The zero-order chi connectivity index (χ0) is 10.6. The second-order valence-corrected chi connectivity index (χ2v) is 4.13. The van der Waals surface area contributed by atoms with Crippen molar-refractivity contribution in [2.24, 2.45) is 5.73 Å². The van der Waals surface area contributed by atoms with E-state index >= 15 is 0 Å². The van der Waals surface area contributed by atoms with Crippen LogP contribution in [-0.4, -0.2) is 11.8 Å². The lowest BCUT2D eigenvalue weighted by molar-refractivity contribution is 0.0945. The number of ketones is 1. The molecule has 0 aliphatic heterocycles. The van der Waals surface area contributed by atoms with E-state index in [0.717, 1.165) is 12.8 Å². The van der Waals surface area contributed by atoms with E-state index in [1.165, 1.54) is 6.26 Å². The molecule has 0 amide bonds.